The van der Waals surface area contributed by atoms with E-state index in [0.29, 0.717) is 62.4 Å². The Morgan fingerprint density at radius 1 is 0.811 bits per heavy atom. The molecule has 0 fully saturated rings. The number of nitrogens with one attached hydrogen (secondary N) is 2. The predicted octanol–water partition coefficient (Wildman–Crippen LogP) is 6.62. The van der Waals surface area contributed by atoms with E-state index in [4.69, 9.17) is 9.47 Å². The Labute approximate surface area is 301 Å². The molecule has 0 bridgehead atoms. The molecule has 11 nitrogen and oxygen atoms in total. The number of sulfonamides is 1. The number of hydrogen-bond donors (Lipinski definition) is 3. The number of hydrogen-bond acceptors (Lipinski definition) is 8. The van der Waals surface area contributed by atoms with E-state index >= 15 is 8.78 Å². The van der Waals surface area contributed by atoms with Gasteiger partial charge >= 0.3 is 5.97 Å². The number of amides is 1. The first-order chi connectivity index (χ1) is 25.4. The van der Waals surface area contributed by atoms with Gasteiger partial charge in [-0.05, 0) is 70.8 Å². The van der Waals surface area contributed by atoms with E-state index in [9.17, 15) is 27.5 Å². The minimum Gasteiger partial charge on any atom is -0.496 e. The molecule has 1 unspecified atom stereocenters. The summed E-state index contributed by atoms with van der Waals surface area (Å²) in [6.45, 7) is 0. The van der Waals surface area contributed by atoms with E-state index in [1.54, 1.807) is 42.5 Å². The fourth-order valence-corrected chi connectivity index (χ4v) is 6.89. The summed E-state index contributed by atoms with van der Waals surface area (Å²) in [6.07, 6.45) is 2.46. The third kappa shape index (κ3) is 7.60. The quantitative estimate of drug-likeness (QED) is 0.117. The number of fused-ring (bicyclic) bond motifs is 1. The lowest BCUT2D eigenvalue weighted by atomic mass is 9.94. The Balaban J connectivity index is 1.22. The second-order valence-corrected chi connectivity index (χ2v) is 13.3. The summed E-state index contributed by atoms with van der Waals surface area (Å²) in [5.41, 5.74) is 1.44. The number of anilines is 1. The van der Waals surface area contributed by atoms with E-state index in [2.05, 4.69) is 20.0 Å². The largest absolute Gasteiger partial charge is 0.496 e. The van der Waals surface area contributed by atoms with E-state index in [-0.39, 0.29) is 11.3 Å². The number of carboxylic acids is 1. The van der Waals surface area contributed by atoms with Gasteiger partial charge in [-0.15, -0.1) is 0 Å². The van der Waals surface area contributed by atoms with E-state index in [1.807, 2.05) is 0 Å². The fourth-order valence-electron chi connectivity index (χ4n) is 5.85. The molecule has 4 aromatic carbocycles. The fraction of sp³-hybridized carbons (Fsp3) is 0.105. The number of nitrogens with zero attached hydrogens (tertiary/aromatic N) is 2. The average molecular weight is 743 g/mol. The van der Waals surface area contributed by atoms with Crippen LogP contribution in [-0.2, 0) is 21.2 Å². The van der Waals surface area contributed by atoms with Crippen molar-refractivity contribution >= 4 is 38.5 Å². The molecule has 2 heterocycles. The van der Waals surface area contributed by atoms with Crippen LogP contribution in [0.1, 0.15) is 15.9 Å². The number of carboxylic acid groups (broad SMARTS) is 1. The molecule has 270 valence electrons. The van der Waals surface area contributed by atoms with Gasteiger partial charge in [-0.1, -0.05) is 36.4 Å². The number of aromatic nitrogens is 2. The van der Waals surface area contributed by atoms with Crippen LogP contribution in [0.3, 0.4) is 0 Å². The maximum atomic E-state index is 15.3. The molecule has 0 saturated heterocycles. The standard InChI is InChI=1S/C38H29F3N4O7S/c1-51-31-6-3-7-32(52-2)34(31)26-13-10-23(36-27(26)5-4-15-43-36)17-30(38(47)48)44-37(46)35-28(39)19-24(20-29(35)40)45-53(49,50)25-11-8-21(9-12-25)22-14-16-42-33(41)18-22/h3-16,18-20,30,45H,17H2,1-2H3,(H,44,46)(H,47,48). The monoisotopic (exact) mass is 742 g/mol. The van der Waals surface area contributed by atoms with Crippen LogP contribution in [0.25, 0.3) is 33.2 Å². The molecule has 2 aromatic heterocycles. The first kappa shape index (κ1) is 36.3. The highest BCUT2D eigenvalue weighted by atomic mass is 32.2. The number of carbonyl (C=O) groups is 2. The highest BCUT2D eigenvalue weighted by Crippen LogP contribution is 2.42. The van der Waals surface area contributed by atoms with Crippen molar-refractivity contribution in [3.8, 4) is 33.8 Å². The SMILES string of the molecule is COc1cccc(OC)c1-c1ccc(CC(NC(=O)c2c(F)cc(NS(=O)(=O)c3ccc(-c4ccnc(F)c4)cc3)cc2F)C(=O)O)c2ncccc12. The topological polar surface area (TPSA) is 157 Å². The van der Waals surface area contributed by atoms with Crippen molar-refractivity contribution in [1.82, 2.24) is 15.3 Å². The van der Waals surface area contributed by atoms with Gasteiger partial charge in [0.15, 0.2) is 0 Å². The van der Waals surface area contributed by atoms with E-state index < -0.39 is 56.8 Å². The maximum absolute atomic E-state index is 15.3. The van der Waals surface area contributed by atoms with Gasteiger partial charge in [-0.25, -0.2) is 27.0 Å². The molecule has 3 N–H and O–H groups in total. The third-order valence-electron chi connectivity index (χ3n) is 8.32. The second-order valence-electron chi connectivity index (χ2n) is 11.6. The van der Waals surface area contributed by atoms with Crippen LogP contribution in [0.4, 0.5) is 18.9 Å². The normalized spacial score (nSPS) is 11.9. The summed E-state index contributed by atoms with van der Waals surface area (Å²) in [4.78, 5) is 33.2. The molecule has 15 heteroatoms. The van der Waals surface area contributed by atoms with Gasteiger partial charge in [0.05, 0.1) is 35.9 Å². The number of carbonyl (C=O) groups excluding carboxylic acids is 1. The van der Waals surface area contributed by atoms with Crippen molar-refractivity contribution in [2.75, 3.05) is 18.9 Å². The number of benzene rings is 4. The summed E-state index contributed by atoms with van der Waals surface area (Å²) in [5, 5.41) is 12.8. The predicted molar refractivity (Wildman–Crippen MR) is 190 cm³/mol. The minimum atomic E-state index is -4.37. The number of pyridine rings is 2. The zero-order chi connectivity index (χ0) is 37.9. The van der Waals surface area contributed by atoms with Crippen molar-refractivity contribution in [2.45, 2.75) is 17.4 Å². The van der Waals surface area contributed by atoms with Gasteiger partial charge in [0.25, 0.3) is 15.9 Å². The maximum Gasteiger partial charge on any atom is 0.326 e. The average Bonchev–Trinajstić information content (AvgIpc) is 3.14. The van der Waals surface area contributed by atoms with Crippen LogP contribution < -0.4 is 19.5 Å². The molecule has 6 rings (SSSR count). The third-order valence-corrected chi connectivity index (χ3v) is 9.72. The van der Waals surface area contributed by atoms with Gasteiger partial charge in [-0.3, -0.25) is 14.5 Å². The van der Waals surface area contributed by atoms with Crippen molar-refractivity contribution in [3.63, 3.8) is 0 Å². The molecule has 6 aromatic rings. The zero-order valence-corrected chi connectivity index (χ0v) is 28.7. The van der Waals surface area contributed by atoms with Crippen molar-refractivity contribution in [1.29, 1.82) is 0 Å². The van der Waals surface area contributed by atoms with Crippen LogP contribution >= 0.6 is 0 Å². The van der Waals surface area contributed by atoms with Crippen LogP contribution in [0, 0.1) is 17.6 Å². The lowest BCUT2D eigenvalue weighted by molar-refractivity contribution is -0.139. The van der Waals surface area contributed by atoms with Crippen LogP contribution in [0.5, 0.6) is 11.5 Å². The Kier molecular flexibility index (Phi) is 10.3. The Hall–Kier alpha value is -6.48. The molecule has 0 spiro atoms. The molecule has 0 radical (unpaired) electrons. The van der Waals surface area contributed by atoms with Crippen LogP contribution in [0.15, 0.2) is 108 Å². The number of halogens is 3. The number of rotatable bonds is 12. The Morgan fingerprint density at radius 3 is 2.11 bits per heavy atom. The van der Waals surface area contributed by atoms with Gasteiger partial charge in [0.1, 0.15) is 34.7 Å². The van der Waals surface area contributed by atoms with Crippen molar-refractivity contribution in [2.24, 2.45) is 0 Å². The van der Waals surface area contributed by atoms with Gasteiger partial charge < -0.3 is 19.9 Å². The number of methoxy groups -OCH3 is 2. The molecule has 0 aliphatic carbocycles. The van der Waals surface area contributed by atoms with Gasteiger partial charge in [0.2, 0.25) is 5.95 Å². The highest BCUT2D eigenvalue weighted by Gasteiger charge is 2.28. The van der Waals surface area contributed by atoms with E-state index in [1.165, 1.54) is 63.0 Å². The van der Waals surface area contributed by atoms with Crippen molar-refractivity contribution in [3.05, 3.63) is 132 Å². The first-order valence-corrected chi connectivity index (χ1v) is 17.2. The van der Waals surface area contributed by atoms with Gasteiger partial charge in [-0.2, -0.15) is 4.39 Å². The minimum absolute atomic E-state index is 0.264. The molecular weight excluding hydrogens is 714 g/mol. The molecule has 0 saturated carbocycles. The lowest BCUT2D eigenvalue weighted by Crippen LogP contribution is -2.43. The smallest absolute Gasteiger partial charge is 0.326 e. The summed E-state index contributed by atoms with van der Waals surface area (Å²) >= 11 is 0. The molecule has 1 atom stereocenters. The summed E-state index contributed by atoms with van der Waals surface area (Å²) in [7, 11) is -1.34. The Morgan fingerprint density at radius 2 is 1.49 bits per heavy atom. The van der Waals surface area contributed by atoms with E-state index in [0.717, 1.165) is 0 Å². The van der Waals surface area contributed by atoms with Crippen LogP contribution in [0.2, 0.25) is 0 Å². The molecule has 53 heavy (non-hydrogen) atoms. The lowest BCUT2D eigenvalue weighted by Gasteiger charge is -2.19. The van der Waals surface area contributed by atoms with Crippen LogP contribution in [-0.4, -0.2) is 55.6 Å². The molecule has 0 aliphatic rings. The van der Waals surface area contributed by atoms with Gasteiger partial charge in [0, 0.05) is 30.3 Å². The molecule has 0 aliphatic heterocycles. The summed E-state index contributed by atoms with van der Waals surface area (Å²) in [5.74, 6) is -5.42. The summed E-state index contributed by atoms with van der Waals surface area (Å²) < 4.78 is 83.3. The Bertz CT molecular complexity index is 2440. The summed E-state index contributed by atoms with van der Waals surface area (Å²) in [6, 6.07) is 19.7. The molecular formula is C38H29F3N4O7S. The first-order valence-electron chi connectivity index (χ1n) is 15.8. The number of ether oxygens (including phenoxy) is 2. The molecule has 1 amide bonds. The number of aliphatic carboxylic acids is 1. The zero-order valence-electron chi connectivity index (χ0n) is 27.9. The highest BCUT2D eigenvalue weighted by molar-refractivity contribution is 7.92. The second kappa shape index (κ2) is 15.0. The van der Waals surface area contributed by atoms with Crippen molar-refractivity contribution < 1.29 is 45.8 Å².